The van der Waals surface area contributed by atoms with E-state index >= 15 is 0 Å². The molecule has 1 aromatic rings. The Balaban J connectivity index is 1.92. The predicted octanol–water partition coefficient (Wildman–Crippen LogP) is 4.36. The highest BCUT2D eigenvalue weighted by Crippen LogP contribution is 2.37. The van der Waals surface area contributed by atoms with Crippen LogP contribution in [0.2, 0.25) is 0 Å². The highest BCUT2D eigenvalue weighted by molar-refractivity contribution is 7.89. The van der Waals surface area contributed by atoms with Crippen LogP contribution in [0, 0.1) is 6.92 Å². The Kier molecular flexibility index (Phi) is 4.87. The maximum atomic E-state index is 13.1. The number of allylic oxidation sites excluding steroid dienone is 1. The molecule has 1 saturated heterocycles. The second-order valence-electron chi connectivity index (χ2n) is 7.58. The van der Waals surface area contributed by atoms with E-state index in [0.717, 1.165) is 18.4 Å². The van der Waals surface area contributed by atoms with Gasteiger partial charge in [0.15, 0.2) is 0 Å². The lowest BCUT2D eigenvalue weighted by molar-refractivity contribution is -0.125. The molecule has 1 saturated carbocycles. The molecule has 0 bridgehead atoms. The van der Waals surface area contributed by atoms with Crippen molar-refractivity contribution < 1.29 is 13.3 Å². The number of benzene rings is 1. The summed E-state index contributed by atoms with van der Waals surface area (Å²) in [5.41, 5.74) is 1.93. The average molecular weight is 349 g/mol. The van der Waals surface area contributed by atoms with Crippen molar-refractivity contribution in [2.24, 2.45) is 0 Å². The molecule has 0 spiro atoms. The van der Waals surface area contributed by atoms with E-state index in [2.05, 4.69) is 6.08 Å². The van der Waals surface area contributed by atoms with E-state index in [1.165, 1.54) is 29.3 Å². The standard InChI is InChI=1S/C19H27NO3S/c1-15-9-11-18(12-10-15)24(21,22)20-17(14-19(2,3)23-20)13-16-7-5-4-6-8-16/h9-13,17H,4-8,14H2,1-3H3/t17-/m1/s1. The van der Waals surface area contributed by atoms with Crippen LogP contribution in [-0.2, 0) is 14.9 Å². The molecular formula is C19H27NO3S. The van der Waals surface area contributed by atoms with E-state index in [0.29, 0.717) is 6.42 Å². The molecule has 1 aliphatic carbocycles. The Morgan fingerprint density at radius 3 is 2.38 bits per heavy atom. The molecule has 1 atom stereocenters. The van der Waals surface area contributed by atoms with Crippen LogP contribution in [0.1, 0.15) is 57.9 Å². The molecule has 0 N–H and O–H groups in total. The van der Waals surface area contributed by atoms with E-state index in [1.807, 2.05) is 32.9 Å². The van der Waals surface area contributed by atoms with Crippen molar-refractivity contribution >= 4 is 10.0 Å². The van der Waals surface area contributed by atoms with Crippen LogP contribution in [0.25, 0.3) is 0 Å². The highest BCUT2D eigenvalue weighted by atomic mass is 32.2. The number of sulfonamides is 1. The van der Waals surface area contributed by atoms with Gasteiger partial charge in [-0.15, -0.1) is 0 Å². The van der Waals surface area contributed by atoms with Crippen molar-refractivity contribution in [3.63, 3.8) is 0 Å². The van der Waals surface area contributed by atoms with Gasteiger partial charge in [-0.1, -0.05) is 40.2 Å². The molecule has 2 aliphatic rings. The van der Waals surface area contributed by atoms with Gasteiger partial charge in [0.25, 0.3) is 10.0 Å². The van der Waals surface area contributed by atoms with Crippen LogP contribution in [-0.4, -0.2) is 24.5 Å². The first-order chi connectivity index (χ1) is 11.3. The molecule has 0 unspecified atom stereocenters. The van der Waals surface area contributed by atoms with Gasteiger partial charge in [0, 0.05) is 6.42 Å². The van der Waals surface area contributed by atoms with Crippen LogP contribution >= 0.6 is 0 Å². The lowest BCUT2D eigenvalue weighted by atomic mass is 9.91. The zero-order valence-corrected chi connectivity index (χ0v) is 15.6. The number of nitrogens with zero attached hydrogens (tertiary/aromatic N) is 1. The third-order valence-electron chi connectivity index (χ3n) is 4.79. The van der Waals surface area contributed by atoms with Crippen molar-refractivity contribution in [3.8, 4) is 0 Å². The molecule has 5 heteroatoms. The van der Waals surface area contributed by atoms with Gasteiger partial charge in [-0.05, 0) is 58.6 Å². The minimum absolute atomic E-state index is 0.223. The zero-order chi connectivity index (χ0) is 17.4. The van der Waals surface area contributed by atoms with E-state index in [4.69, 9.17) is 4.84 Å². The molecule has 2 fully saturated rings. The molecular weight excluding hydrogens is 322 g/mol. The molecule has 1 aliphatic heterocycles. The Morgan fingerprint density at radius 1 is 1.12 bits per heavy atom. The maximum absolute atomic E-state index is 13.1. The minimum Gasteiger partial charge on any atom is -0.277 e. The van der Waals surface area contributed by atoms with Gasteiger partial charge < -0.3 is 0 Å². The average Bonchev–Trinajstić information content (AvgIpc) is 2.84. The Morgan fingerprint density at radius 2 is 1.75 bits per heavy atom. The first-order valence-corrected chi connectivity index (χ1v) is 10.2. The summed E-state index contributed by atoms with van der Waals surface area (Å²) >= 11 is 0. The predicted molar refractivity (Wildman–Crippen MR) is 94.9 cm³/mol. The van der Waals surface area contributed by atoms with Crippen molar-refractivity contribution in [1.82, 2.24) is 4.47 Å². The summed E-state index contributed by atoms with van der Waals surface area (Å²) in [7, 11) is -3.66. The van der Waals surface area contributed by atoms with Crippen LogP contribution < -0.4 is 0 Å². The van der Waals surface area contributed by atoms with Crippen LogP contribution in [0.3, 0.4) is 0 Å². The van der Waals surface area contributed by atoms with Gasteiger partial charge >= 0.3 is 0 Å². The van der Waals surface area contributed by atoms with E-state index in [9.17, 15) is 8.42 Å². The van der Waals surface area contributed by atoms with Gasteiger partial charge in [0.05, 0.1) is 16.5 Å². The van der Waals surface area contributed by atoms with E-state index < -0.39 is 15.6 Å². The maximum Gasteiger partial charge on any atom is 0.265 e. The molecule has 4 nitrogen and oxygen atoms in total. The Hall–Kier alpha value is -1.17. The summed E-state index contributed by atoms with van der Waals surface area (Å²) in [5.74, 6) is 0. The largest absolute Gasteiger partial charge is 0.277 e. The zero-order valence-electron chi connectivity index (χ0n) is 14.8. The van der Waals surface area contributed by atoms with Crippen LogP contribution in [0.4, 0.5) is 0 Å². The van der Waals surface area contributed by atoms with Crippen molar-refractivity contribution in [3.05, 3.63) is 41.5 Å². The summed E-state index contributed by atoms with van der Waals surface area (Å²) in [6.07, 6.45) is 8.66. The summed E-state index contributed by atoms with van der Waals surface area (Å²) in [6, 6.07) is 6.74. The van der Waals surface area contributed by atoms with Gasteiger partial charge in [0.2, 0.25) is 0 Å². The number of rotatable bonds is 3. The van der Waals surface area contributed by atoms with E-state index in [1.54, 1.807) is 12.1 Å². The molecule has 3 rings (SSSR count). The number of hydrogen-bond acceptors (Lipinski definition) is 3. The Labute approximate surface area is 145 Å². The third-order valence-corrected chi connectivity index (χ3v) is 6.48. The topological polar surface area (TPSA) is 46.6 Å². The molecule has 24 heavy (non-hydrogen) atoms. The van der Waals surface area contributed by atoms with Gasteiger partial charge in [-0.3, -0.25) is 4.84 Å². The summed E-state index contributed by atoms with van der Waals surface area (Å²) in [5, 5.41) is 0. The molecule has 0 amide bonds. The monoisotopic (exact) mass is 349 g/mol. The Bertz CT molecular complexity index is 711. The fraction of sp³-hybridized carbons (Fsp3) is 0.579. The minimum atomic E-state index is -3.66. The van der Waals surface area contributed by atoms with Gasteiger partial charge in [0.1, 0.15) is 0 Å². The molecule has 1 aromatic carbocycles. The second kappa shape index (κ2) is 6.62. The fourth-order valence-electron chi connectivity index (χ4n) is 3.53. The quantitative estimate of drug-likeness (QED) is 0.762. The molecule has 132 valence electrons. The lowest BCUT2D eigenvalue weighted by Gasteiger charge is -2.23. The number of hydrogen-bond donors (Lipinski definition) is 0. The normalized spacial score (nSPS) is 25.0. The SMILES string of the molecule is Cc1ccc(S(=O)(=O)N2OC(C)(C)C[C@H]2C=C2CCCCC2)cc1. The summed E-state index contributed by atoms with van der Waals surface area (Å²) < 4.78 is 27.3. The molecule has 1 heterocycles. The smallest absolute Gasteiger partial charge is 0.265 e. The van der Waals surface area contributed by atoms with E-state index in [-0.39, 0.29) is 10.9 Å². The molecule has 0 radical (unpaired) electrons. The summed E-state index contributed by atoms with van der Waals surface area (Å²) in [6.45, 7) is 5.84. The molecule has 0 aromatic heterocycles. The van der Waals surface area contributed by atoms with Crippen molar-refractivity contribution in [2.75, 3.05) is 0 Å². The fourth-order valence-corrected chi connectivity index (χ4v) is 5.01. The first kappa shape index (κ1) is 17.6. The summed E-state index contributed by atoms with van der Waals surface area (Å²) in [4.78, 5) is 6.14. The number of aryl methyl sites for hydroxylation is 1. The third kappa shape index (κ3) is 3.73. The second-order valence-corrected chi connectivity index (χ2v) is 9.36. The number of hydroxylamine groups is 1. The van der Waals surface area contributed by atoms with Crippen molar-refractivity contribution in [2.45, 2.75) is 75.8 Å². The first-order valence-electron chi connectivity index (χ1n) is 8.78. The van der Waals surface area contributed by atoms with Gasteiger partial charge in [-0.2, -0.15) is 0 Å². The van der Waals surface area contributed by atoms with Crippen molar-refractivity contribution in [1.29, 1.82) is 0 Å². The van der Waals surface area contributed by atoms with Gasteiger partial charge in [-0.25, -0.2) is 8.42 Å². The highest BCUT2D eigenvalue weighted by Gasteiger charge is 2.45. The van der Waals surface area contributed by atoms with Crippen LogP contribution in [0.5, 0.6) is 0 Å². The lowest BCUT2D eigenvalue weighted by Crippen LogP contribution is -2.34. The van der Waals surface area contributed by atoms with Crippen LogP contribution in [0.15, 0.2) is 40.8 Å².